The summed E-state index contributed by atoms with van der Waals surface area (Å²) < 4.78 is 68.3. The molecule has 3 N–H and O–H groups in total. The number of hydrogen-bond donors (Lipinski definition) is 3. The van der Waals surface area contributed by atoms with Gasteiger partial charge in [0, 0.05) is 19.3 Å². The van der Waals surface area contributed by atoms with Crippen LogP contribution in [-0.4, -0.2) is 96.7 Å². The van der Waals surface area contributed by atoms with Crippen molar-refractivity contribution in [2.75, 3.05) is 39.6 Å². The summed E-state index contributed by atoms with van der Waals surface area (Å²) in [6.07, 6.45) is 87.8. The third-order valence-electron chi connectivity index (χ3n) is 14.9. The summed E-state index contributed by atoms with van der Waals surface area (Å²) in [7, 11) is -10.0. The average molecular weight is 1460 g/mol. The zero-order valence-electron chi connectivity index (χ0n) is 62.7. The van der Waals surface area contributed by atoms with Crippen molar-refractivity contribution in [3.8, 4) is 0 Å². The molecule has 0 aliphatic rings. The Morgan fingerprint density at radius 3 is 0.912 bits per heavy atom. The molecule has 5 unspecified atom stereocenters. The van der Waals surface area contributed by atoms with Crippen LogP contribution in [-0.2, 0) is 65.4 Å². The van der Waals surface area contributed by atoms with Crippen LogP contribution in [0.2, 0.25) is 0 Å². The summed E-state index contributed by atoms with van der Waals surface area (Å²) >= 11 is 0. The monoisotopic (exact) mass is 1460 g/mol. The topological polar surface area (TPSA) is 237 Å². The summed E-state index contributed by atoms with van der Waals surface area (Å²) in [4.78, 5) is 72.8. The van der Waals surface area contributed by atoms with Gasteiger partial charge >= 0.3 is 39.5 Å². The first-order valence-electron chi connectivity index (χ1n) is 38.0. The number of carbonyl (C=O) groups is 4. The number of rotatable bonds is 69. The fourth-order valence-corrected chi connectivity index (χ4v) is 10.8. The number of ether oxygens (including phenoxy) is 4. The summed E-state index contributed by atoms with van der Waals surface area (Å²) in [6.45, 7) is 4.26. The zero-order valence-corrected chi connectivity index (χ0v) is 64.5. The van der Waals surface area contributed by atoms with Gasteiger partial charge in [0.25, 0.3) is 0 Å². The lowest BCUT2D eigenvalue weighted by Crippen LogP contribution is -2.30. The first kappa shape index (κ1) is 96.2. The van der Waals surface area contributed by atoms with E-state index in [1.165, 1.54) is 25.7 Å². The lowest BCUT2D eigenvalue weighted by atomic mass is 10.1. The van der Waals surface area contributed by atoms with Gasteiger partial charge in [-0.05, 0) is 161 Å². The Bertz CT molecular complexity index is 2650. The van der Waals surface area contributed by atoms with Crippen LogP contribution in [0, 0.1) is 0 Å². The zero-order chi connectivity index (χ0) is 74.6. The van der Waals surface area contributed by atoms with Gasteiger partial charge in [-0.25, -0.2) is 9.13 Å². The van der Waals surface area contributed by atoms with E-state index in [2.05, 4.69) is 186 Å². The highest BCUT2D eigenvalue weighted by Gasteiger charge is 2.30. The standard InChI is InChI=1S/C83H132O17P2/c1-5-9-13-17-21-25-29-33-36-37-38-39-42-45-48-52-56-60-64-68-81(86)94-74-79(100-83(88)70-66-62-58-54-50-46-41-35-31-27-23-19-15-11-7-3)76-98-102(91,92)96-72-77(84)71-95-101(89,90)97-75-78(99-82(87)69-65-61-57-53-49-43-32-28-24-20-16-12-8-4)73-93-80(85)67-63-59-55-51-47-44-40-34-30-26-22-18-14-10-6-2/h9-11,13-15,21-23,25-28,32-36,38-41,45,47-48,50-51,54,59,63,77-79,84H,5-8,12,16-20,24,29-31,37,42-44,46,49,52-53,55-58,60-62,64-76H2,1-4H3,(H,89,90)(H,91,92)/b13-9-,14-10-,15-11-,25-21-,26-22-,27-23-,32-28-,36-33-,39-38-,40-34-,41-35-,48-45-,51-47-,54-50-,63-59-. The lowest BCUT2D eigenvalue weighted by molar-refractivity contribution is -0.161. The van der Waals surface area contributed by atoms with Crippen LogP contribution in [0.3, 0.4) is 0 Å². The van der Waals surface area contributed by atoms with E-state index in [0.717, 1.165) is 148 Å². The van der Waals surface area contributed by atoms with Crippen molar-refractivity contribution in [2.24, 2.45) is 0 Å². The van der Waals surface area contributed by atoms with Crippen molar-refractivity contribution in [3.63, 3.8) is 0 Å². The van der Waals surface area contributed by atoms with Gasteiger partial charge < -0.3 is 33.8 Å². The van der Waals surface area contributed by atoms with Crippen molar-refractivity contribution >= 4 is 39.5 Å². The van der Waals surface area contributed by atoms with Crippen molar-refractivity contribution in [3.05, 3.63) is 182 Å². The molecule has 0 aromatic rings. The molecule has 0 aliphatic heterocycles. The van der Waals surface area contributed by atoms with E-state index >= 15 is 0 Å². The molecule has 19 heteroatoms. The van der Waals surface area contributed by atoms with Crippen molar-refractivity contribution in [1.29, 1.82) is 0 Å². The summed E-state index contributed by atoms with van der Waals surface area (Å²) in [5.74, 6) is -2.44. The van der Waals surface area contributed by atoms with Gasteiger partial charge in [0.05, 0.1) is 32.8 Å². The number of unbranched alkanes of at least 4 members (excludes halogenated alkanes) is 14. The van der Waals surface area contributed by atoms with E-state index in [-0.39, 0.29) is 25.7 Å². The fraction of sp³-hybridized carbons (Fsp3) is 0.590. The molecule has 576 valence electrons. The third kappa shape index (κ3) is 72.5. The van der Waals surface area contributed by atoms with E-state index in [1.54, 1.807) is 6.08 Å². The highest BCUT2D eigenvalue weighted by Crippen LogP contribution is 2.45. The van der Waals surface area contributed by atoms with Gasteiger partial charge in [0.15, 0.2) is 12.2 Å². The van der Waals surface area contributed by atoms with E-state index in [9.17, 15) is 43.2 Å². The minimum Gasteiger partial charge on any atom is -0.462 e. The predicted molar refractivity (Wildman–Crippen MR) is 417 cm³/mol. The predicted octanol–water partition coefficient (Wildman–Crippen LogP) is 22.0. The number of phosphoric ester groups is 2. The Morgan fingerprint density at radius 1 is 0.294 bits per heavy atom. The molecule has 0 spiro atoms. The summed E-state index contributed by atoms with van der Waals surface area (Å²) in [5.41, 5.74) is 0. The number of aliphatic hydroxyl groups excluding tert-OH is 1. The molecular formula is C83H132O17P2. The molecule has 0 aromatic carbocycles. The largest absolute Gasteiger partial charge is 0.472 e. The first-order valence-corrected chi connectivity index (χ1v) is 41.0. The van der Waals surface area contributed by atoms with Crippen LogP contribution in [0.4, 0.5) is 0 Å². The molecule has 0 saturated heterocycles. The second kappa shape index (κ2) is 73.5. The van der Waals surface area contributed by atoms with Crippen molar-refractivity contribution < 1.29 is 80.2 Å². The lowest BCUT2D eigenvalue weighted by Gasteiger charge is -2.21. The molecule has 0 aliphatic carbocycles. The normalized spacial score (nSPS) is 14.9. The molecule has 102 heavy (non-hydrogen) atoms. The number of aliphatic hydroxyl groups is 1. The van der Waals surface area contributed by atoms with Crippen LogP contribution in [0.25, 0.3) is 0 Å². The van der Waals surface area contributed by atoms with Crippen molar-refractivity contribution in [1.82, 2.24) is 0 Å². The number of phosphoric acid groups is 2. The van der Waals surface area contributed by atoms with Crippen LogP contribution in [0.5, 0.6) is 0 Å². The molecule has 17 nitrogen and oxygen atoms in total. The van der Waals surface area contributed by atoms with Gasteiger partial charge in [-0.3, -0.25) is 37.3 Å². The van der Waals surface area contributed by atoms with E-state index in [4.69, 9.17) is 37.0 Å². The SMILES string of the molecule is CC/C=C\C/C=C\C/C=C\C/C=C\C/C=C\CCCCCC(=O)OCC(COP(=O)(O)OCC(O)COP(=O)(O)OCC(COC(=O)C/C=C\C/C=C\C/C=C\C/C=C\C/C=C\CC)OC(=O)CCCCCCC/C=C\CCCCCC)OC(=O)CCCC/C=C\C/C=C\C/C=C\C/C=C\CC. The summed E-state index contributed by atoms with van der Waals surface area (Å²) in [6, 6.07) is 0. The third-order valence-corrected chi connectivity index (χ3v) is 16.8. The van der Waals surface area contributed by atoms with Crippen LogP contribution in [0.15, 0.2) is 182 Å². The van der Waals surface area contributed by atoms with Crippen LogP contribution in [0.1, 0.15) is 259 Å². The van der Waals surface area contributed by atoms with Crippen LogP contribution >= 0.6 is 15.6 Å². The average Bonchev–Trinajstić information content (AvgIpc) is 0.924. The van der Waals surface area contributed by atoms with E-state index in [1.807, 2.05) is 18.2 Å². The minimum absolute atomic E-state index is 0.0253. The quantitative estimate of drug-likeness (QED) is 0.0169. The second-order valence-electron chi connectivity index (χ2n) is 24.5. The molecule has 0 fully saturated rings. The van der Waals surface area contributed by atoms with Crippen molar-refractivity contribution in [2.45, 2.75) is 277 Å². The Hall–Kier alpha value is -5.84. The maximum absolute atomic E-state index is 13.1. The molecule has 0 rings (SSSR count). The first-order chi connectivity index (χ1) is 49.7. The smallest absolute Gasteiger partial charge is 0.462 e. The summed E-state index contributed by atoms with van der Waals surface area (Å²) in [5, 5.41) is 10.6. The highest BCUT2D eigenvalue weighted by atomic mass is 31.2. The molecule has 0 bridgehead atoms. The Balaban J connectivity index is 5.50. The Labute approximate surface area is 615 Å². The fourth-order valence-electron chi connectivity index (χ4n) is 9.19. The number of allylic oxidation sites excluding steroid dienone is 29. The number of hydrogen-bond acceptors (Lipinski definition) is 15. The van der Waals surface area contributed by atoms with E-state index < -0.39 is 97.5 Å². The van der Waals surface area contributed by atoms with Gasteiger partial charge in [-0.1, -0.05) is 255 Å². The maximum atomic E-state index is 13.1. The Kier molecular flexibility index (Phi) is 69.3. The highest BCUT2D eigenvalue weighted by molar-refractivity contribution is 7.47. The molecule has 0 amide bonds. The molecule has 0 heterocycles. The minimum atomic E-state index is -5.01. The number of esters is 4. The van der Waals surface area contributed by atoms with Gasteiger partial charge in [0.1, 0.15) is 19.3 Å². The number of carbonyl (C=O) groups excluding carboxylic acids is 4. The van der Waals surface area contributed by atoms with Gasteiger partial charge in [-0.2, -0.15) is 0 Å². The Morgan fingerprint density at radius 2 is 0.549 bits per heavy atom. The molecule has 0 radical (unpaired) electrons. The van der Waals surface area contributed by atoms with Gasteiger partial charge in [-0.15, -0.1) is 0 Å². The molecule has 0 aromatic heterocycles. The second-order valence-corrected chi connectivity index (χ2v) is 27.4. The van der Waals surface area contributed by atoms with Gasteiger partial charge in [0.2, 0.25) is 0 Å². The van der Waals surface area contributed by atoms with Crippen LogP contribution < -0.4 is 0 Å². The molecular weight excluding hydrogens is 1330 g/mol. The van der Waals surface area contributed by atoms with E-state index in [0.29, 0.717) is 32.1 Å². The molecule has 5 atom stereocenters. The maximum Gasteiger partial charge on any atom is 0.472 e. The molecule has 0 saturated carbocycles.